The molecule has 1 unspecified atom stereocenters. The lowest BCUT2D eigenvalue weighted by atomic mass is 9.64. The molecule has 202 valence electrons. The van der Waals surface area contributed by atoms with E-state index in [1.807, 2.05) is 37.3 Å². The Labute approximate surface area is 225 Å². The summed E-state index contributed by atoms with van der Waals surface area (Å²) in [7, 11) is 0. The van der Waals surface area contributed by atoms with Gasteiger partial charge < -0.3 is 15.4 Å². The monoisotopic (exact) mass is 529 g/mol. The van der Waals surface area contributed by atoms with Crippen LogP contribution in [0.4, 0.5) is 4.79 Å². The van der Waals surface area contributed by atoms with Crippen LogP contribution in [0.5, 0.6) is 5.75 Å². The van der Waals surface area contributed by atoms with Crippen LogP contribution in [0.1, 0.15) is 41.4 Å². The number of hydrogen-bond acceptors (Lipinski definition) is 7. The van der Waals surface area contributed by atoms with Gasteiger partial charge in [-0.1, -0.05) is 18.2 Å². The quantitative estimate of drug-likeness (QED) is 0.345. The number of aromatic nitrogens is 1. The topological polar surface area (TPSA) is 139 Å². The van der Waals surface area contributed by atoms with Crippen LogP contribution in [0, 0.1) is 18.3 Å². The largest absolute Gasteiger partial charge is 0.489 e. The molecule has 2 aliphatic heterocycles. The summed E-state index contributed by atoms with van der Waals surface area (Å²) in [5.41, 5.74) is 1.58. The van der Waals surface area contributed by atoms with Gasteiger partial charge in [0.1, 0.15) is 12.4 Å². The fourth-order valence-electron chi connectivity index (χ4n) is 5.71. The van der Waals surface area contributed by atoms with Gasteiger partial charge in [-0.05, 0) is 82.1 Å². The van der Waals surface area contributed by atoms with Gasteiger partial charge in [0, 0.05) is 22.2 Å². The van der Waals surface area contributed by atoms with Gasteiger partial charge in [-0.2, -0.15) is 0 Å². The molecule has 1 atom stereocenters. The van der Waals surface area contributed by atoms with Gasteiger partial charge >= 0.3 is 6.03 Å². The number of barbiturate groups is 1. The summed E-state index contributed by atoms with van der Waals surface area (Å²) in [6, 6.07) is 14.9. The van der Waals surface area contributed by atoms with Crippen molar-refractivity contribution >= 4 is 34.7 Å². The molecule has 4 N–H and O–H groups in total. The highest BCUT2D eigenvalue weighted by Gasteiger charge is 2.59. The molecule has 2 aromatic carbocycles. The molecule has 3 aromatic rings. The van der Waals surface area contributed by atoms with Gasteiger partial charge in [0.15, 0.2) is 5.41 Å². The molecule has 0 aliphatic carbocycles. The maximum Gasteiger partial charge on any atom is 0.328 e. The number of pyridine rings is 1. The van der Waals surface area contributed by atoms with E-state index >= 15 is 0 Å². The molecule has 0 radical (unpaired) electrons. The lowest BCUT2D eigenvalue weighted by molar-refractivity contribution is -0.151. The summed E-state index contributed by atoms with van der Waals surface area (Å²) < 4.78 is 6.00. The maximum atomic E-state index is 13.2. The SMILES string of the molecule is Cc1cc(COc2ccc(C(=O)NC(C)C3(C4CCNCC4)C(=O)NC(=O)NC3=O)cc2)c2ccccc2n1. The van der Waals surface area contributed by atoms with E-state index in [1.54, 1.807) is 31.2 Å². The first-order valence-corrected chi connectivity index (χ1v) is 13.1. The summed E-state index contributed by atoms with van der Waals surface area (Å²) >= 11 is 0. The number of rotatable bonds is 7. The Bertz CT molecular complexity index is 1410. The number of imide groups is 2. The molecule has 0 bridgehead atoms. The summed E-state index contributed by atoms with van der Waals surface area (Å²) in [6.45, 7) is 5.19. The van der Waals surface area contributed by atoms with E-state index < -0.39 is 35.2 Å². The summed E-state index contributed by atoms with van der Waals surface area (Å²) in [5.74, 6) is -1.55. The van der Waals surface area contributed by atoms with Gasteiger partial charge in [-0.15, -0.1) is 0 Å². The number of ether oxygens (including phenoxy) is 1. The van der Waals surface area contributed by atoms with Crippen LogP contribution in [0.25, 0.3) is 10.9 Å². The number of carbonyl (C=O) groups is 4. The molecule has 39 heavy (non-hydrogen) atoms. The summed E-state index contributed by atoms with van der Waals surface area (Å²) in [6.07, 6.45) is 1.13. The normalized spacial score (nSPS) is 18.3. The smallest absolute Gasteiger partial charge is 0.328 e. The zero-order valence-electron chi connectivity index (χ0n) is 21.9. The van der Waals surface area contributed by atoms with Gasteiger partial charge in [-0.3, -0.25) is 30.0 Å². The number of hydrogen-bond donors (Lipinski definition) is 4. The predicted octanol–water partition coefficient (Wildman–Crippen LogP) is 2.59. The number of nitrogens with one attached hydrogen (secondary N) is 4. The Balaban J connectivity index is 1.29. The van der Waals surface area contributed by atoms with E-state index in [0.717, 1.165) is 22.2 Å². The number of para-hydroxylation sites is 1. The minimum Gasteiger partial charge on any atom is -0.489 e. The Morgan fingerprint density at radius 1 is 1.05 bits per heavy atom. The highest BCUT2D eigenvalue weighted by molar-refractivity contribution is 6.20. The van der Waals surface area contributed by atoms with Crippen LogP contribution in [0.3, 0.4) is 0 Å². The molecule has 10 heteroatoms. The van der Waals surface area contributed by atoms with Crippen LogP contribution in [-0.4, -0.2) is 47.9 Å². The van der Waals surface area contributed by atoms with Crippen molar-refractivity contribution in [3.63, 3.8) is 0 Å². The van der Waals surface area contributed by atoms with Crippen molar-refractivity contribution in [2.24, 2.45) is 11.3 Å². The molecule has 10 nitrogen and oxygen atoms in total. The van der Waals surface area contributed by atoms with Crippen molar-refractivity contribution in [2.45, 2.75) is 39.3 Å². The first-order valence-electron chi connectivity index (χ1n) is 13.1. The van der Waals surface area contributed by atoms with Crippen LogP contribution in [-0.2, 0) is 16.2 Å². The molecule has 2 aliphatic rings. The average molecular weight is 530 g/mol. The minimum atomic E-state index is -1.60. The van der Waals surface area contributed by atoms with E-state index in [-0.39, 0.29) is 5.92 Å². The fourth-order valence-corrected chi connectivity index (χ4v) is 5.71. The molecule has 0 saturated carbocycles. The van der Waals surface area contributed by atoms with E-state index in [2.05, 4.69) is 26.3 Å². The standard InChI is InChI=1S/C29H31N5O5/c1-17-15-20(23-5-3-4-6-24(23)31-17)16-39-22-9-7-19(8-10-22)25(35)32-18(2)29(21-11-13-30-14-12-21)26(36)33-28(38)34-27(29)37/h3-10,15,18,21,30H,11-14,16H2,1-2H3,(H,32,35)(H2,33,34,36,37,38). The Kier molecular flexibility index (Phi) is 7.30. The second kappa shape index (κ2) is 10.8. The molecule has 2 fully saturated rings. The molecular weight excluding hydrogens is 498 g/mol. The van der Waals surface area contributed by atoms with Crippen molar-refractivity contribution in [3.8, 4) is 5.75 Å². The predicted molar refractivity (Wildman–Crippen MR) is 144 cm³/mol. The lowest BCUT2D eigenvalue weighted by Gasteiger charge is -2.45. The highest BCUT2D eigenvalue weighted by atomic mass is 16.5. The third-order valence-electron chi connectivity index (χ3n) is 7.66. The first-order chi connectivity index (χ1) is 18.8. The number of carbonyl (C=O) groups excluding carboxylic acids is 4. The van der Waals surface area contributed by atoms with Crippen LogP contribution in [0.15, 0.2) is 54.6 Å². The van der Waals surface area contributed by atoms with E-state index in [4.69, 9.17) is 4.74 Å². The Hall–Kier alpha value is -4.31. The van der Waals surface area contributed by atoms with Crippen molar-refractivity contribution in [2.75, 3.05) is 13.1 Å². The minimum absolute atomic E-state index is 0.341. The van der Waals surface area contributed by atoms with Crippen molar-refractivity contribution in [1.29, 1.82) is 0 Å². The molecular formula is C29H31N5O5. The fraction of sp³-hybridized carbons (Fsp3) is 0.345. The van der Waals surface area contributed by atoms with E-state index in [9.17, 15) is 19.2 Å². The molecule has 1 aromatic heterocycles. The zero-order chi connectivity index (χ0) is 27.6. The van der Waals surface area contributed by atoms with Gasteiger partial charge in [0.05, 0.1) is 11.6 Å². The molecule has 5 amide bonds. The number of urea groups is 1. The number of fused-ring (bicyclic) bond motifs is 1. The maximum absolute atomic E-state index is 13.2. The zero-order valence-corrected chi connectivity index (χ0v) is 21.9. The Morgan fingerprint density at radius 2 is 1.72 bits per heavy atom. The van der Waals surface area contributed by atoms with Crippen LogP contribution < -0.4 is 26.0 Å². The first kappa shape index (κ1) is 26.3. The van der Waals surface area contributed by atoms with E-state index in [1.165, 1.54) is 0 Å². The second-order valence-electron chi connectivity index (χ2n) is 10.1. The second-order valence-corrected chi connectivity index (χ2v) is 10.1. The number of amides is 5. The number of piperidine rings is 1. The number of aryl methyl sites for hydroxylation is 1. The molecule has 2 saturated heterocycles. The Morgan fingerprint density at radius 3 is 2.41 bits per heavy atom. The third kappa shape index (κ3) is 5.07. The molecule has 0 spiro atoms. The number of nitrogens with zero attached hydrogens (tertiary/aromatic N) is 1. The summed E-state index contributed by atoms with van der Waals surface area (Å²) in [5, 5.41) is 11.6. The van der Waals surface area contributed by atoms with Crippen LogP contribution in [0.2, 0.25) is 0 Å². The van der Waals surface area contributed by atoms with Gasteiger partial charge in [-0.25, -0.2) is 4.79 Å². The van der Waals surface area contributed by atoms with Gasteiger partial charge in [0.2, 0.25) is 11.8 Å². The third-order valence-corrected chi connectivity index (χ3v) is 7.66. The molecule has 5 rings (SSSR count). The van der Waals surface area contributed by atoms with E-state index in [0.29, 0.717) is 43.9 Å². The van der Waals surface area contributed by atoms with Crippen molar-refractivity contribution in [3.05, 3.63) is 71.4 Å². The number of benzene rings is 2. The summed E-state index contributed by atoms with van der Waals surface area (Å²) in [4.78, 5) is 55.8. The lowest BCUT2D eigenvalue weighted by Crippen LogP contribution is -2.71. The van der Waals surface area contributed by atoms with Crippen molar-refractivity contribution < 1.29 is 23.9 Å². The molecule has 3 heterocycles. The highest BCUT2D eigenvalue weighted by Crippen LogP contribution is 2.39. The van der Waals surface area contributed by atoms with Crippen LogP contribution >= 0.6 is 0 Å². The van der Waals surface area contributed by atoms with Crippen molar-refractivity contribution in [1.82, 2.24) is 26.3 Å². The van der Waals surface area contributed by atoms with Gasteiger partial charge in [0.25, 0.3) is 5.91 Å². The average Bonchev–Trinajstić information content (AvgIpc) is 2.92.